The number of ether oxygens (including phenoxy) is 1. The summed E-state index contributed by atoms with van der Waals surface area (Å²) in [7, 11) is 1.62. The summed E-state index contributed by atoms with van der Waals surface area (Å²) in [6, 6.07) is 8.07. The van der Waals surface area contributed by atoms with Crippen LogP contribution in [0.15, 0.2) is 24.3 Å². The van der Waals surface area contributed by atoms with E-state index in [2.05, 4.69) is 25.0 Å². The topological polar surface area (TPSA) is 53.1 Å². The van der Waals surface area contributed by atoms with Gasteiger partial charge in [-0.3, -0.25) is 4.68 Å². The van der Waals surface area contributed by atoms with Crippen LogP contribution in [0.3, 0.4) is 0 Å². The Kier molecular flexibility index (Phi) is 4.96. The lowest BCUT2D eigenvalue weighted by molar-refractivity contribution is 0.413. The summed E-state index contributed by atoms with van der Waals surface area (Å²) in [5.74, 6) is 0.705. The molecule has 112 valence electrons. The fourth-order valence-corrected chi connectivity index (χ4v) is 2.49. The molecule has 1 aromatic carbocycles. The first-order valence-electron chi connectivity index (χ1n) is 7.11. The van der Waals surface area contributed by atoms with Gasteiger partial charge in [0.25, 0.3) is 0 Å². The third-order valence-electron chi connectivity index (χ3n) is 3.50. The van der Waals surface area contributed by atoms with Gasteiger partial charge in [-0.1, -0.05) is 32.1 Å². The molecule has 2 aromatic rings. The van der Waals surface area contributed by atoms with E-state index in [1.165, 1.54) is 5.69 Å². The predicted octanol–water partition coefficient (Wildman–Crippen LogP) is 2.70. The first kappa shape index (κ1) is 15.5. The molecule has 5 heteroatoms. The maximum Gasteiger partial charge on any atom is 0.129 e. The molecule has 0 saturated heterocycles. The highest BCUT2D eigenvalue weighted by Crippen LogP contribution is 2.21. The van der Waals surface area contributed by atoms with Crippen LogP contribution in [0.4, 0.5) is 0 Å². The Labute approximate surface area is 130 Å². The summed E-state index contributed by atoms with van der Waals surface area (Å²) in [5.41, 5.74) is 10.00. The molecule has 0 bridgehead atoms. The van der Waals surface area contributed by atoms with E-state index in [9.17, 15) is 0 Å². The summed E-state index contributed by atoms with van der Waals surface area (Å²) >= 11 is 5.09. The van der Waals surface area contributed by atoms with Gasteiger partial charge >= 0.3 is 0 Å². The van der Waals surface area contributed by atoms with Crippen LogP contribution in [0.5, 0.6) is 5.75 Å². The van der Waals surface area contributed by atoms with Gasteiger partial charge in [-0.2, -0.15) is 5.10 Å². The average Bonchev–Trinajstić information content (AvgIpc) is 2.89. The fourth-order valence-electron chi connectivity index (χ4n) is 2.33. The number of hydrogen-bond donors (Lipinski definition) is 1. The zero-order valence-corrected chi connectivity index (χ0v) is 13.5. The van der Waals surface area contributed by atoms with Crippen molar-refractivity contribution in [3.63, 3.8) is 0 Å². The molecule has 1 aromatic heterocycles. The highest BCUT2D eigenvalue weighted by atomic mass is 32.1. The van der Waals surface area contributed by atoms with Crippen molar-refractivity contribution in [2.24, 2.45) is 5.73 Å². The van der Waals surface area contributed by atoms with Crippen molar-refractivity contribution in [2.75, 3.05) is 7.11 Å². The van der Waals surface area contributed by atoms with Crippen LogP contribution >= 0.6 is 12.2 Å². The molecule has 1 heterocycles. The fraction of sp³-hybridized carbons (Fsp3) is 0.375. The van der Waals surface area contributed by atoms with Gasteiger partial charge in [-0.05, 0) is 36.6 Å². The Morgan fingerprint density at radius 1 is 1.29 bits per heavy atom. The van der Waals surface area contributed by atoms with Crippen molar-refractivity contribution in [2.45, 2.75) is 33.2 Å². The summed E-state index contributed by atoms with van der Waals surface area (Å²) in [5, 5.41) is 4.63. The second-order valence-electron chi connectivity index (χ2n) is 4.89. The van der Waals surface area contributed by atoms with E-state index in [4.69, 9.17) is 22.7 Å². The summed E-state index contributed by atoms with van der Waals surface area (Å²) in [6.45, 7) is 4.97. The molecule has 21 heavy (non-hydrogen) atoms. The van der Waals surface area contributed by atoms with Crippen molar-refractivity contribution in [1.82, 2.24) is 9.78 Å². The quantitative estimate of drug-likeness (QED) is 0.834. The van der Waals surface area contributed by atoms with Gasteiger partial charge in [0, 0.05) is 5.69 Å². The maximum atomic E-state index is 5.76. The van der Waals surface area contributed by atoms with Gasteiger partial charge in [0.1, 0.15) is 10.7 Å². The number of nitrogens with two attached hydrogens (primary N) is 1. The van der Waals surface area contributed by atoms with Crippen molar-refractivity contribution in [3.8, 4) is 5.75 Å². The first-order chi connectivity index (χ1) is 10.1. The number of rotatable bonds is 6. The summed E-state index contributed by atoms with van der Waals surface area (Å²) in [6.07, 6.45) is 1.91. The second-order valence-corrected chi connectivity index (χ2v) is 5.33. The number of nitrogens with zero attached hydrogens (tertiary/aromatic N) is 2. The highest BCUT2D eigenvalue weighted by molar-refractivity contribution is 7.80. The molecule has 0 unspecified atom stereocenters. The Morgan fingerprint density at radius 2 is 2.05 bits per heavy atom. The molecule has 0 radical (unpaired) electrons. The van der Waals surface area contributed by atoms with E-state index < -0.39 is 0 Å². The van der Waals surface area contributed by atoms with Gasteiger partial charge in [0.2, 0.25) is 0 Å². The molecule has 4 nitrogen and oxygen atoms in total. The highest BCUT2D eigenvalue weighted by Gasteiger charge is 2.10. The zero-order valence-electron chi connectivity index (χ0n) is 12.7. The minimum absolute atomic E-state index is 0.346. The molecule has 0 aliphatic carbocycles. The second kappa shape index (κ2) is 6.72. The van der Waals surface area contributed by atoms with Crippen LogP contribution in [-0.4, -0.2) is 21.9 Å². The van der Waals surface area contributed by atoms with Crippen LogP contribution in [-0.2, 0) is 19.4 Å². The Hall–Kier alpha value is -1.88. The smallest absolute Gasteiger partial charge is 0.129 e. The molecule has 0 aliphatic rings. The monoisotopic (exact) mass is 303 g/mol. The molecule has 0 fully saturated rings. The summed E-state index contributed by atoms with van der Waals surface area (Å²) in [4.78, 5) is 0.346. The van der Waals surface area contributed by atoms with Crippen LogP contribution < -0.4 is 10.5 Å². The zero-order chi connectivity index (χ0) is 15.4. The summed E-state index contributed by atoms with van der Waals surface area (Å²) < 4.78 is 7.33. The number of aryl methyl sites for hydroxylation is 2. The Balaban J connectivity index is 2.33. The Morgan fingerprint density at radius 3 is 2.62 bits per heavy atom. The largest absolute Gasteiger partial charge is 0.496 e. The first-order valence-corrected chi connectivity index (χ1v) is 7.52. The van der Waals surface area contributed by atoms with Crippen LogP contribution in [0.1, 0.15) is 36.4 Å². The van der Waals surface area contributed by atoms with E-state index in [0.717, 1.165) is 29.7 Å². The van der Waals surface area contributed by atoms with Crippen molar-refractivity contribution in [3.05, 3.63) is 46.8 Å². The molecule has 0 amide bonds. The van der Waals surface area contributed by atoms with E-state index >= 15 is 0 Å². The maximum absolute atomic E-state index is 5.76. The number of hydrogen-bond acceptors (Lipinski definition) is 3. The molecular formula is C16H21N3OS. The number of aromatic nitrogens is 2. The molecule has 0 atom stereocenters. The Bertz CT molecular complexity index is 649. The van der Waals surface area contributed by atoms with Crippen molar-refractivity contribution < 1.29 is 4.74 Å². The van der Waals surface area contributed by atoms with E-state index in [-0.39, 0.29) is 0 Å². The SMILES string of the molecule is CCc1cc(CC)n(Cc2ccc(OC)c(C(N)=S)c2)n1. The number of thiocarbonyl (C=S) groups is 1. The van der Waals surface area contributed by atoms with Crippen molar-refractivity contribution >= 4 is 17.2 Å². The van der Waals surface area contributed by atoms with Crippen LogP contribution in [0.2, 0.25) is 0 Å². The minimum Gasteiger partial charge on any atom is -0.496 e. The van der Waals surface area contributed by atoms with E-state index in [1.807, 2.05) is 22.9 Å². The van der Waals surface area contributed by atoms with Gasteiger partial charge in [-0.25, -0.2) is 0 Å². The lowest BCUT2D eigenvalue weighted by atomic mass is 10.1. The predicted molar refractivity (Wildman–Crippen MR) is 89.0 cm³/mol. The lowest BCUT2D eigenvalue weighted by Gasteiger charge is -2.11. The molecular weight excluding hydrogens is 282 g/mol. The number of methoxy groups -OCH3 is 1. The molecule has 0 saturated carbocycles. The van der Waals surface area contributed by atoms with Gasteiger partial charge in [-0.15, -0.1) is 0 Å². The lowest BCUT2D eigenvalue weighted by Crippen LogP contribution is -2.13. The van der Waals surface area contributed by atoms with Gasteiger partial charge < -0.3 is 10.5 Å². The molecule has 2 N–H and O–H groups in total. The molecule has 2 rings (SSSR count). The van der Waals surface area contributed by atoms with Crippen LogP contribution in [0, 0.1) is 0 Å². The normalized spacial score (nSPS) is 10.6. The minimum atomic E-state index is 0.346. The average molecular weight is 303 g/mol. The molecule has 0 aliphatic heterocycles. The van der Waals surface area contributed by atoms with Crippen molar-refractivity contribution in [1.29, 1.82) is 0 Å². The van der Waals surface area contributed by atoms with Gasteiger partial charge in [0.15, 0.2) is 0 Å². The van der Waals surface area contributed by atoms with Crippen LogP contribution in [0.25, 0.3) is 0 Å². The van der Waals surface area contributed by atoms with E-state index in [0.29, 0.717) is 17.3 Å². The molecule has 0 spiro atoms. The van der Waals surface area contributed by atoms with E-state index in [1.54, 1.807) is 7.11 Å². The standard InChI is InChI=1S/C16H21N3OS/c1-4-12-9-13(5-2)19(18-12)10-11-6-7-15(20-3)14(8-11)16(17)21/h6-9H,4-5,10H2,1-3H3,(H2,17,21). The van der Waals surface area contributed by atoms with Gasteiger partial charge in [0.05, 0.1) is 24.9 Å². The number of benzene rings is 1. The third-order valence-corrected chi connectivity index (χ3v) is 3.72. The third kappa shape index (κ3) is 3.42.